The Morgan fingerprint density at radius 2 is 1.94 bits per heavy atom. The molecule has 4 rings (SSSR count). The summed E-state index contributed by atoms with van der Waals surface area (Å²) in [4.78, 5) is 11.5. The maximum absolute atomic E-state index is 11.5. The fraction of sp³-hybridized carbons (Fsp3) is 0.900. The quantitative estimate of drug-likeness (QED) is 0.195. The van der Waals surface area contributed by atoms with Gasteiger partial charge in [0.1, 0.15) is 6.10 Å². The Balaban J connectivity index is 1.45. The summed E-state index contributed by atoms with van der Waals surface area (Å²) >= 11 is 0. The smallest absolute Gasteiger partial charge is 0.302 e. The molecule has 200 valence electrons. The lowest BCUT2D eigenvalue weighted by Crippen LogP contribution is -2.43. The highest BCUT2D eigenvalue weighted by Gasteiger charge is 2.65. The number of fused-ring (bicyclic) bond motifs is 2. The highest BCUT2D eigenvalue weighted by atomic mass is 28.4. The topological polar surface area (TPSA) is 44.8 Å². The first kappa shape index (κ1) is 27.4. The van der Waals surface area contributed by atoms with Crippen LogP contribution >= 0.6 is 0 Å². The van der Waals surface area contributed by atoms with Gasteiger partial charge in [-0.3, -0.25) is 4.79 Å². The molecule has 8 atom stereocenters. The van der Waals surface area contributed by atoms with Gasteiger partial charge in [0.25, 0.3) is 0 Å². The summed E-state index contributed by atoms with van der Waals surface area (Å²) in [6.45, 7) is 19.2. The molecule has 0 aromatic heterocycles. The summed E-state index contributed by atoms with van der Waals surface area (Å²) in [5, 5.41) is 0.263. The number of carbonyl (C=O) groups excluding carboxylic acids is 1. The van der Waals surface area contributed by atoms with E-state index in [1.54, 1.807) is 5.57 Å². The van der Waals surface area contributed by atoms with Crippen molar-refractivity contribution in [3.05, 3.63) is 11.6 Å². The average molecular weight is 505 g/mol. The molecule has 0 saturated heterocycles. The molecule has 0 bridgehead atoms. The van der Waals surface area contributed by atoms with Crippen molar-refractivity contribution in [3.63, 3.8) is 0 Å². The molecule has 4 saturated carbocycles. The lowest BCUT2D eigenvalue weighted by Gasteiger charge is -2.45. The Kier molecular flexibility index (Phi) is 7.50. The summed E-state index contributed by atoms with van der Waals surface area (Å²) in [7, 11) is 0.159. The first-order chi connectivity index (χ1) is 16.2. The molecule has 4 nitrogen and oxygen atoms in total. The molecule has 0 radical (unpaired) electrons. The second-order valence-corrected chi connectivity index (χ2v) is 19.2. The molecule has 0 amide bonds. The number of methoxy groups -OCH3 is 1. The van der Waals surface area contributed by atoms with Crippen LogP contribution in [0.25, 0.3) is 0 Å². The van der Waals surface area contributed by atoms with E-state index in [0.29, 0.717) is 23.2 Å². The second-order valence-electron chi connectivity index (χ2n) is 14.3. The SMILES string of the molecule is COC(/C=C1\CCC[C@@]2(C)C1CCC2[C@H](C)CO[Si](C)(C)C(C)(C)C)C12CC1C[C@H](OC(C)=O)C2. The van der Waals surface area contributed by atoms with E-state index in [1.807, 2.05) is 7.11 Å². The van der Waals surface area contributed by atoms with Gasteiger partial charge in [0.15, 0.2) is 8.32 Å². The average Bonchev–Trinajstić information content (AvgIpc) is 3.12. The van der Waals surface area contributed by atoms with Crippen molar-refractivity contribution in [1.82, 2.24) is 0 Å². The van der Waals surface area contributed by atoms with Gasteiger partial charge in [0.2, 0.25) is 0 Å². The third-order valence-corrected chi connectivity index (χ3v) is 15.7. The molecule has 0 aliphatic heterocycles. The Bertz CT molecular complexity index is 829. The summed E-state index contributed by atoms with van der Waals surface area (Å²) in [5.74, 6) is 2.50. The zero-order valence-electron chi connectivity index (χ0n) is 24.0. The molecule has 5 heteroatoms. The van der Waals surface area contributed by atoms with E-state index in [1.165, 1.54) is 45.4 Å². The van der Waals surface area contributed by atoms with E-state index in [2.05, 4.69) is 53.8 Å². The van der Waals surface area contributed by atoms with E-state index in [9.17, 15) is 4.79 Å². The minimum atomic E-state index is -1.72. The second kappa shape index (κ2) is 9.58. The van der Waals surface area contributed by atoms with Crippen molar-refractivity contribution >= 4 is 14.3 Å². The van der Waals surface area contributed by atoms with Crippen LogP contribution in [-0.4, -0.2) is 40.2 Å². The van der Waals surface area contributed by atoms with Gasteiger partial charge >= 0.3 is 5.97 Å². The van der Waals surface area contributed by atoms with E-state index in [-0.39, 0.29) is 28.6 Å². The van der Waals surface area contributed by atoms with E-state index in [4.69, 9.17) is 13.9 Å². The number of hydrogen-bond donors (Lipinski definition) is 0. The van der Waals surface area contributed by atoms with Gasteiger partial charge < -0.3 is 13.9 Å². The summed E-state index contributed by atoms with van der Waals surface area (Å²) in [5.41, 5.74) is 2.22. The van der Waals surface area contributed by atoms with Crippen molar-refractivity contribution in [2.45, 2.75) is 123 Å². The van der Waals surface area contributed by atoms with Crippen LogP contribution in [0, 0.1) is 34.5 Å². The molecule has 0 heterocycles. The number of hydrogen-bond acceptors (Lipinski definition) is 4. The fourth-order valence-corrected chi connectivity index (χ4v) is 9.24. The monoisotopic (exact) mass is 504 g/mol. The van der Waals surface area contributed by atoms with Crippen LogP contribution in [0.5, 0.6) is 0 Å². The third-order valence-electron chi connectivity index (χ3n) is 11.2. The largest absolute Gasteiger partial charge is 0.463 e. The van der Waals surface area contributed by atoms with Crippen molar-refractivity contribution in [3.8, 4) is 0 Å². The minimum absolute atomic E-state index is 0.0801. The van der Waals surface area contributed by atoms with Crippen LogP contribution in [0.2, 0.25) is 18.1 Å². The lowest BCUT2D eigenvalue weighted by atomic mass is 9.61. The Labute approximate surface area is 216 Å². The van der Waals surface area contributed by atoms with Crippen molar-refractivity contribution in [1.29, 1.82) is 0 Å². The Hall–Kier alpha value is -0.653. The van der Waals surface area contributed by atoms with E-state index in [0.717, 1.165) is 25.4 Å². The molecule has 5 unspecified atom stereocenters. The summed E-state index contributed by atoms with van der Waals surface area (Å²) < 4.78 is 18.5. The minimum Gasteiger partial charge on any atom is -0.463 e. The van der Waals surface area contributed by atoms with Gasteiger partial charge in [-0.05, 0) is 98.6 Å². The van der Waals surface area contributed by atoms with Crippen LogP contribution in [0.4, 0.5) is 0 Å². The normalized spacial score (nSPS) is 39.7. The zero-order valence-corrected chi connectivity index (χ0v) is 25.0. The molecular formula is C30H52O4Si. The molecule has 0 aromatic carbocycles. The van der Waals surface area contributed by atoms with Crippen LogP contribution in [0.15, 0.2) is 11.6 Å². The molecule has 0 aromatic rings. The predicted molar refractivity (Wildman–Crippen MR) is 145 cm³/mol. The Morgan fingerprint density at radius 1 is 1.23 bits per heavy atom. The van der Waals surface area contributed by atoms with Crippen LogP contribution < -0.4 is 0 Å². The first-order valence-corrected chi connectivity index (χ1v) is 17.2. The van der Waals surface area contributed by atoms with Crippen LogP contribution in [0.1, 0.15) is 92.9 Å². The van der Waals surface area contributed by atoms with Gasteiger partial charge in [-0.2, -0.15) is 0 Å². The molecule has 4 aliphatic rings. The third kappa shape index (κ3) is 5.08. The molecule has 0 N–H and O–H groups in total. The van der Waals surface area contributed by atoms with Gasteiger partial charge in [-0.15, -0.1) is 0 Å². The summed E-state index contributed by atoms with van der Waals surface area (Å²) in [6, 6.07) is 0. The molecule has 0 spiro atoms. The number of ether oxygens (including phenoxy) is 2. The number of rotatable bonds is 8. The molecule has 4 aliphatic carbocycles. The molecular weight excluding hydrogens is 452 g/mol. The standard InChI is InChI=1S/C30H52O4Si/c1-20(19-33-35(8,9)28(3,4)5)25-12-13-26-22(11-10-14-29(25,26)6)15-27(32-7)30-17-23(30)16-24(18-30)34-21(2)31/h15,20,23-27H,10-14,16-19H2,1-9H3/b22-15+/t20-,23?,24+,25?,26?,27?,29-,30?/m1/s1. The van der Waals surface area contributed by atoms with E-state index < -0.39 is 8.32 Å². The summed E-state index contributed by atoms with van der Waals surface area (Å²) in [6.07, 6.45) is 12.4. The van der Waals surface area contributed by atoms with Crippen molar-refractivity contribution in [2.24, 2.45) is 34.5 Å². The van der Waals surface area contributed by atoms with Gasteiger partial charge in [0.05, 0.1) is 6.10 Å². The first-order valence-electron chi connectivity index (χ1n) is 14.3. The maximum atomic E-state index is 11.5. The van der Waals surface area contributed by atoms with Crippen LogP contribution in [0.3, 0.4) is 0 Å². The van der Waals surface area contributed by atoms with Crippen LogP contribution in [-0.2, 0) is 18.7 Å². The number of allylic oxidation sites excluding steroid dienone is 1. The van der Waals surface area contributed by atoms with E-state index >= 15 is 0 Å². The maximum Gasteiger partial charge on any atom is 0.302 e. The van der Waals surface area contributed by atoms with Crippen molar-refractivity contribution in [2.75, 3.05) is 13.7 Å². The Morgan fingerprint density at radius 3 is 2.57 bits per heavy atom. The molecule has 35 heavy (non-hydrogen) atoms. The van der Waals surface area contributed by atoms with Gasteiger partial charge in [0, 0.05) is 26.1 Å². The zero-order chi connectivity index (χ0) is 25.8. The molecule has 4 fully saturated rings. The number of esters is 1. The predicted octanol–water partition coefficient (Wildman–Crippen LogP) is 7.53. The van der Waals surface area contributed by atoms with Gasteiger partial charge in [-0.1, -0.05) is 46.3 Å². The van der Waals surface area contributed by atoms with Gasteiger partial charge in [-0.25, -0.2) is 0 Å². The highest BCUT2D eigenvalue weighted by Crippen LogP contribution is 2.67. The highest BCUT2D eigenvalue weighted by molar-refractivity contribution is 6.74. The fourth-order valence-electron chi connectivity index (χ4n) is 8.13. The number of carbonyl (C=O) groups is 1. The lowest BCUT2D eigenvalue weighted by molar-refractivity contribution is -0.146. The van der Waals surface area contributed by atoms with Crippen molar-refractivity contribution < 1.29 is 18.7 Å².